The fourth-order valence-corrected chi connectivity index (χ4v) is 4.74. The van der Waals surface area contributed by atoms with Gasteiger partial charge in [-0.1, -0.05) is 26.7 Å². The van der Waals surface area contributed by atoms with Crippen molar-refractivity contribution >= 4 is 10.0 Å². The summed E-state index contributed by atoms with van der Waals surface area (Å²) in [5, 5.41) is -0.135. The van der Waals surface area contributed by atoms with E-state index in [9.17, 15) is 8.42 Å². The summed E-state index contributed by atoms with van der Waals surface area (Å²) in [7, 11) is -3.05. The van der Waals surface area contributed by atoms with Crippen molar-refractivity contribution in [1.29, 1.82) is 0 Å². The van der Waals surface area contributed by atoms with Crippen molar-refractivity contribution in [3.05, 3.63) is 0 Å². The van der Waals surface area contributed by atoms with Crippen molar-refractivity contribution < 1.29 is 8.42 Å². The number of sulfonamides is 1. The molecule has 0 bridgehead atoms. The maximum absolute atomic E-state index is 12.2. The first-order valence-electron chi connectivity index (χ1n) is 6.14. The van der Waals surface area contributed by atoms with Gasteiger partial charge in [-0.3, -0.25) is 0 Å². The molecule has 1 aliphatic heterocycles. The molecule has 0 aromatic heterocycles. The third-order valence-corrected chi connectivity index (χ3v) is 6.47. The summed E-state index contributed by atoms with van der Waals surface area (Å²) in [6, 6.07) is 0. The minimum Gasteiger partial charge on any atom is -0.323 e. The van der Waals surface area contributed by atoms with Gasteiger partial charge in [-0.2, -0.15) is 4.31 Å². The van der Waals surface area contributed by atoms with Crippen LogP contribution in [-0.4, -0.2) is 36.6 Å². The van der Waals surface area contributed by atoms with Gasteiger partial charge in [0.15, 0.2) is 0 Å². The van der Waals surface area contributed by atoms with Crippen molar-refractivity contribution in [2.24, 2.45) is 11.7 Å². The van der Waals surface area contributed by atoms with Crippen LogP contribution in [0.5, 0.6) is 0 Å². The van der Waals surface area contributed by atoms with Crippen LogP contribution in [0.1, 0.15) is 39.5 Å². The van der Waals surface area contributed by atoms with Crippen LogP contribution >= 0.6 is 0 Å². The average molecular weight is 246 g/mol. The van der Waals surface area contributed by atoms with E-state index in [0.717, 1.165) is 25.7 Å². The Bertz CT molecular complexity index is 352. The monoisotopic (exact) mass is 246 g/mol. The standard InChI is InChI=1S/C11H22N2O2S/c1-9(2)11(12)7-13(8-11)16(14,15)10-5-3-4-6-10/h9-10H,3-8,12H2,1-2H3. The zero-order valence-electron chi connectivity index (χ0n) is 10.1. The van der Waals surface area contributed by atoms with Crippen molar-refractivity contribution in [2.45, 2.75) is 50.3 Å². The highest BCUT2D eigenvalue weighted by atomic mass is 32.2. The molecule has 16 heavy (non-hydrogen) atoms. The Morgan fingerprint density at radius 1 is 1.25 bits per heavy atom. The number of hydrogen-bond donors (Lipinski definition) is 1. The molecule has 0 aromatic carbocycles. The van der Waals surface area contributed by atoms with Crippen LogP contribution in [-0.2, 0) is 10.0 Å². The molecule has 0 unspecified atom stereocenters. The molecule has 2 rings (SSSR count). The third-order valence-electron chi connectivity index (χ3n) is 4.17. The second-order valence-corrected chi connectivity index (χ2v) is 7.82. The fourth-order valence-electron chi connectivity index (χ4n) is 2.55. The number of hydrogen-bond acceptors (Lipinski definition) is 3. The van der Waals surface area contributed by atoms with E-state index in [4.69, 9.17) is 5.73 Å². The molecule has 5 heteroatoms. The lowest BCUT2D eigenvalue weighted by atomic mass is 9.82. The lowest BCUT2D eigenvalue weighted by Gasteiger charge is -2.50. The maximum Gasteiger partial charge on any atom is 0.217 e. The lowest BCUT2D eigenvalue weighted by molar-refractivity contribution is 0.109. The Kier molecular flexibility index (Phi) is 3.05. The maximum atomic E-state index is 12.2. The Hall–Kier alpha value is -0.130. The molecule has 2 fully saturated rings. The SMILES string of the molecule is CC(C)C1(N)CN(S(=O)(=O)C2CCCC2)C1. The van der Waals surface area contributed by atoms with E-state index in [2.05, 4.69) is 13.8 Å². The van der Waals surface area contributed by atoms with E-state index in [1.807, 2.05) is 0 Å². The fraction of sp³-hybridized carbons (Fsp3) is 1.00. The van der Waals surface area contributed by atoms with Gasteiger partial charge < -0.3 is 5.73 Å². The van der Waals surface area contributed by atoms with Crippen LogP contribution in [0.2, 0.25) is 0 Å². The topological polar surface area (TPSA) is 63.4 Å². The van der Waals surface area contributed by atoms with E-state index in [-0.39, 0.29) is 10.8 Å². The largest absolute Gasteiger partial charge is 0.323 e. The summed E-state index contributed by atoms with van der Waals surface area (Å²) in [6.07, 6.45) is 3.77. The van der Waals surface area contributed by atoms with Gasteiger partial charge in [0.25, 0.3) is 0 Å². The summed E-state index contributed by atoms with van der Waals surface area (Å²) < 4.78 is 26.0. The van der Waals surface area contributed by atoms with Crippen molar-refractivity contribution in [3.8, 4) is 0 Å². The van der Waals surface area contributed by atoms with Gasteiger partial charge in [0.05, 0.1) is 5.25 Å². The summed E-state index contributed by atoms with van der Waals surface area (Å²) in [6.45, 7) is 5.12. The zero-order valence-corrected chi connectivity index (χ0v) is 11.0. The van der Waals surface area contributed by atoms with Crippen molar-refractivity contribution in [2.75, 3.05) is 13.1 Å². The molecule has 0 atom stereocenters. The van der Waals surface area contributed by atoms with Gasteiger partial charge in [-0.05, 0) is 18.8 Å². The Morgan fingerprint density at radius 3 is 2.19 bits per heavy atom. The molecule has 0 aromatic rings. The first-order chi connectivity index (χ1) is 7.36. The molecule has 1 heterocycles. The Labute approximate surface area is 98.2 Å². The minimum atomic E-state index is -3.05. The molecule has 2 N–H and O–H groups in total. The van der Waals surface area contributed by atoms with Crippen LogP contribution in [0.15, 0.2) is 0 Å². The molecule has 0 radical (unpaired) electrons. The first-order valence-corrected chi connectivity index (χ1v) is 7.64. The second kappa shape index (κ2) is 3.96. The van der Waals surface area contributed by atoms with E-state index >= 15 is 0 Å². The number of rotatable bonds is 3. The van der Waals surface area contributed by atoms with E-state index in [1.54, 1.807) is 4.31 Å². The molecular formula is C11H22N2O2S. The summed E-state index contributed by atoms with van der Waals surface area (Å²) in [4.78, 5) is 0. The van der Waals surface area contributed by atoms with Gasteiger partial charge in [0.1, 0.15) is 0 Å². The summed E-state index contributed by atoms with van der Waals surface area (Å²) in [5.41, 5.74) is 5.83. The van der Waals surface area contributed by atoms with Gasteiger partial charge in [-0.25, -0.2) is 8.42 Å². The molecule has 1 saturated carbocycles. The van der Waals surface area contributed by atoms with Gasteiger partial charge in [0, 0.05) is 18.6 Å². The summed E-state index contributed by atoms with van der Waals surface area (Å²) in [5.74, 6) is 0.336. The molecule has 1 saturated heterocycles. The van der Waals surface area contributed by atoms with E-state index < -0.39 is 10.0 Å². The molecule has 4 nitrogen and oxygen atoms in total. The van der Waals surface area contributed by atoms with Crippen LogP contribution in [0.3, 0.4) is 0 Å². The molecular weight excluding hydrogens is 224 g/mol. The van der Waals surface area contributed by atoms with Crippen LogP contribution in [0, 0.1) is 5.92 Å². The van der Waals surface area contributed by atoms with Gasteiger partial charge in [-0.15, -0.1) is 0 Å². The van der Waals surface area contributed by atoms with Crippen molar-refractivity contribution in [3.63, 3.8) is 0 Å². The highest BCUT2D eigenvalue weighted by Gasteiger charge is 2.49. The molecule has 2 aliphatic rings. The molecule has 0 amide bonds. The normalized spacial score (nSPS) is 27.2. The first kappa shape index (κ1) is 12.3. The van der Waals surface area contributed by atoms with Crippen molar-refractivity contribution in [1.82, 2.24) is 4.31 Å². The Morgan fingerprint density at radius 2 is 1.75 bits per heavy atom. The molecule has 0 spiro atoms. The average Bonchev–Trinajstić information content (AvgIpc) is 2.65. The Balaban J connectivity index is 2.01. The van der Waals surface area contributed by atoms with Gasteiger partial charge >= 0.3 is 0 Å². The third kappa shape index (κ3) is 1.89. The zero-order chi connectivity index (χ0) is 12.0. The second-order valence-electron chi connectivity index (χ2n) is 5.61. The quantitative estimate of drug-likeness (QED) is 0.805. The highest BCUT2D eigenvalue weighted by molar-refractivity contribution is 7.89. The van der Waals surface area contributed by atoms with Crippen LogP contribution in [0.25, 0.3) is 0 Å². The smallest absolute Gasteiger partial charge is 0.217 e. The number of nitrogens with zero attached hydrogens (tertiary/aromatic N) is 1. The lowest BCUT2D eigenvalue weighted by Crippen LogP contribution is -2.71. The van der Waals surface area contributed by atoms with E-state index in [0.29, 0.717) is 19.0 Å². The predicted octanol–water partition coefficient (Wildman–Crippen LogP) is 0.928. The summed E-state index contributed by atoms with van der Waals surface area (Å²) >= 11 is 0. The number of nitrogens with two attached hydrogens (primary N) is 1. The highest BCUT2D eigenvalue weighted by Crippen LogP contribution is 2.34. The minimum absolute atomic E-state index is 0.135. The van der Waals surface area contributed by atoms with Gasteiger partial charge in [0.2, 0.25) is 10.0 Å². The predicted molar refractivity (Wildman–Crippen MR) is 64.5 cm³/mol. The molecule has 1 aliphatic carbocycles. The van der Waals surface area contributed by atoms with Crippen LogP contribution in [0.4, 0.5) is 0 Å². The van der Waals surface area contributed by atoms with Crippen LogP contribution < -0.4 is 5.73 Å². The molecule has 94 valence electrons. The van der Waals surface area contributed by atoms with E-state index in [1.165, 1.54) is 0 Å².